The van der Waals surface area contributed by atoms with Gasteiger partial charge < -0.3 is 24.5 Å². The van der Waals surface area contributed by atoms with Crippen molar-refractivity contribution in [3.63, 3.8) is 0 Å². The van der Waals surface area contributed by atoms with E-state index in [1.54, 1.807) is 0 Å². The maximum atomic E-state index is 12.5. The van der Waals surface area contributed by atoms with Crippen LogP contribution in [0.15, 0.2) is 42.5 Å². The van der Waals surface area contributed by atoms with Crippen molar-refractivity contribution in [3.8, 4) is 5.75 Å². The third-order valence-electron chi connectivity index (χ3n) is 3.57. The first-order valence-electron chi connectivity index (χ1n) is 7.05. The molecule has 0 radical (unpaired) electrons. The molecule has 3 rings (SSSR count). The molecule has 0 saturated carbocycles. The summed E-state index contributed by atoms with van der Waals surface area (Å²) >= 11 is 0. The van der Waals surface area contributed by atoms with E-state index in [1.807, 2.05) is 0 Å². The van der Waals surface area contributed by atoms with Gasteiger partial charge >= 0.3 is 0 Å². The molecule has 2 aromatic rings. The first-order chi connectivity index (χ1) is 11.9. The predicted octanol–water partition coefficient (Wildman–Crippen LogP) is -1.02. The zero-order valence-electron chi connectivity index (χ0n) is 12.6. The molecule has 0 unspecified atom stereocenters. The lowest BCUT2D eigenvalue weighted by atomic mass is 10.1. The molecule has 126 valence electrons. The number of aliphatic carboxylic acids is 1. The molecule has 25 heavy (non-hydrogen) atoms. The summed E-state index contributed by atoms with van der Waals surface area (Å²) in [5, 5.41) is 21.3. The summed E-state index contributed by atoms with van der Waals surface area (Å²) in [5.74, 6) is -3.85. The van der Waals surface area contributed by atoms with E-state index >= 15 is 0 Å². The monoisotopic (exact) mass is 339 g/mol. The smallest absolute Gasteiger partial charge is 0.266 e. The van der Waals surface area contributed by atoms with Crippen molar-refractivity contribution < 1.29 is 34.1 Å². The van der Waals surface area contributed by atoms with E-state index in [0.29, 0.717) is 0 Å². The van der Waals surface area contributed by atoms with Crippen LogP contribution in [-0.2, 0) is 4.79 Å². The van der Waals surface area contributed by atoms with Crippen LogP contribution in [0.5, 0.6) is 5.75 Å². The number of hydrogen-bond donors (Lipinski definition) is 0. The van der Waals surface area contributed by atoms with Crippen LogP contribution in [0.25, 0.3) is 0 Å². The van der Waals surface area contributed by atoms with Crippen LogP contribution >= 0.6 is 0 Å². The average molecular weight is 339 g/mol. The van der Waals surface area contributed by atoms with E-state index in [-0.39, 0.29) is 28.1 Å². The summed E-state index contributed by atoms with van der Waals surface area (Å²) in [4.78, 5) is 47.0. The van der Waals surface area contributed by atoms with Crippen molar-refractivity contribution in [1.29, 1.82) is 0 Å². The third kappa shape index (κ3) is 2.92. The molecular weight excluding hydrogens is 330 g/mol. The highest BCUT2D eigenvalue weighted by Crippen LogP contribution is 2.30. The molecule has 0 N–H and O–H groups in total. The number of carbonyl (C=O) groups excluding carboxylic acids is 4. The normalized spacial score (nSPS) is 12.9. The maximum Gasteiger partial charge on any atom is 0.266 e. The Balaban J connectivity index is 1.88. The van der Waals surface area contributed by atoms with E-state index in [1.165, 1.54) is 36.4 Å². The molecule has 0 spiro atoms. The van der Waals surface area contributed by atoms with E-state index in [0.717, 1.165) is 11.0 Å². The minimum atomic E-state index is -1.45. The van der Waals surface area contributed by atoms with Gasteiger partial charge in [-0.1, -0.05) is 6.07 Å². The summed E-state index contributed by atoms with van der Waals surface area (Å²) in [6, 6.07) is 9.17. The fraction of sp³-hybridized carbons (Fsp3) is 0.0588. The van der Waals surface area contributed by atoms with Gasteiger partial charge in [-0.05, 0) is 42.0 Å². The third-order valence-corrected chi connectivity index (χ3v) is 3.57. The highest BCUT2D eigenvalue weighted by atomic mass is 16.5. The molecule has 0 atom stereocenters. The van der Waals surface area contributed by atoms with E-state index in [4.69, 9.17) is 4.74 Å². The highest BCUT2D eigenvalue weighted by Gasteiger charge is 2.36. The molecule has 1 heterocycles. The topological polar surface area (TPSA) is 127 Å². The Kier molecular flexibility index (Phi) is 3.94. The lowest BCUT2D eigenvalue weighted by Crippen LogP contribution is -2.29. The molecule has 2 aromatic carbocycles. The number of amides is 2. The van der Waals surface area contributed by atoms with Gasteiger partial charge in [0.05, 0.1) is 28.8 Å². The van der Waals surface area contributed by atoms with Crippen LogP contribution < -0.4 is 19.8 Å². The lowest BCUT2D eigenvalue weighted by Gasteiger charge is -2.14. The number of anilines is 1. The van der Waals surface area contributed by atoms with Crippen molar-refractivity contribution in [3.05, 3.63) is 59.2 Å². The average Bonchev–Trinajstić information content (AvgIpc) is 2.84. The number of fused-ring (bicyclic) bond motifs is 1. The molecular formula is C17H9NO7-2. The van der Waals surface area contributed by atoms with Gasteiger partial charge in [-0.2, -0.15) is 0 Å². The number of nitrogens with zero attached hydrogens (tertiary/aromatic N) is 1. The fourth-order valence-corrected chi connectivity index (χ4v) is 2.44. The van der Waals surface area contributed by atoms with E-state index < -0.39 is 30.4 Å². The van der Waals surface area contributed by atoms with Gasteiger partial charge in [0.25, 0.3) is 11.8 Å². The molecule has 1 aliphatic rings. The van der Waals surface area contributed by atoms with Crippen LogP contribution in [0, 0.1) is 0 Å². The number of carboxylic acid groups (broad SMARTS) is 2. The number of ether oxygens (including phenoxy) is 1. The Morgan fingerprint density at radius 2 is 1.56 bits per heavy atom. The number of carboxylic acids is 2. The Morgan fingerprint density at radius 3 is 2.16 bits per heavy atom. The van der Waals surface area contributed by atoms with E-state index in [9.17, 15) is 29.4 Å². The van der Waals surface area contributed by atoms with Crippen molar-refractivity contribution in [2.75, 3.05) is 11.5 Å². The van der Waals surface area contributed by atoms with Gasteiger partial charge in [-0.3, -0.25) is 9.59 Å². The number of imide groups is 1. The van der Waals surface area contributed by atoms with Crippen molar-refractivity contribution in [2.45, 2.75) is 0 Å². The van der Waals surface area contributed by atoms with Gasteiger partial charge in [-0.15, -0.1) is 0 Å². The van der Waals surface area contributed by atoms with Crippen molar-refractivity contribution in [2.24, 2.45) is 0 Å². The molecule has 8 nitrogen and oxygen atoms in total. The van der Waals surface area contributed by atoms with Gasteiger partial charge in [0.15, 0.2) is 0 Å². The van der Waals surface area contributed by atoms with Gasteiger partial charge in [-0.25, -0.2) is 4.90 Å². The molecule has 0 aromatic heterocycles. The largest absolute Gasteiger partial charge is 0.546 e. The Labute approximate surface area is 140 Å². The second kappa shape index (κ2) is 6.08. The number of aromatic carboxylic acids is 1. The molecule has 0 aliphatic carbocycles. The predicted molar refractivity (Wildman–Crippen MR) is 78.9 cm³/mol. The minimum Gasteiger partial charge on any atom is -0.546 e. The van der Waals surface area contributed by atoms with Crippen LogP contribution in [-0.4, -0.2) is 30.4 Å². The molecule has 1 aliphatic heterocycles. The standard InChI is InChI=1S/C17H11NO7/c19-14(20)8-25-11-4-2-10(3-5-11)18-15(21)12-6-1-9(17(23)24)7-13(12)16(18)22/h1-7H,8H2,(H,19,20)(H,23,24)/p-2. The Morgan fingerprint density at radius 1 is 0.920 bits per heavy atom. The van der Waals surface area contributed by atoms with Crippen molar-refractivity contribution >= 4 is 29.4 Å². The molecule has 2 amide bonds. The summed E-state index contributed by atoms with van der Waals surface area (Å²) < 4.78 is 4.92. The first kappa shape index (κ1) is 16.2. The number of benzene rings is 2. The number of hydrogen-bond acceptors (Lipinski definition) is 7. The fourth-order valence-electron chi connectivity index (χ4n) is 2.44. The van der Waals surface area contributed by atoms with Crippen LogP contribution in [0.4, 0.5) is 5.69 Å². The number of rotatable bonds is 5. The molecule has 8 heteroatoms. The summed E-state index contributed by atoms with van der Waals surface area (Å²) in [6.45, 7) is -0.627. The number of carbonyl (C=O) groups is 4. The van der Waals surface area contributed by atoms with E-state index in [2.05, 4.69) is 0 Å². The van der Waals surface area contributed by atoms with Gasteiger partial charge in [0.2, 0.25) is 0 Å². The zero-order chi connectivity index (χ0) is 18.1. The van der Waals surface area contributed by atoms with Gasteiger partial charge in [0, 0.05) is 0 Å². The van der Waals surface area contributed by atoms with Crippen LogP contribution in [0.2, 0.25) is 0 Å². The molecule has 0 saturated heterocycles. The minimum absolute atomic E-state index is 0.0241. The Hall–Kier alpha value is -3.68. The van der Waals surface area contributed by atoms with Gasteiger partial charge in [0.1, 0.15) is 12.4 Å². The van der Waals surface area contributed by atoms with Crippen LogP contribution in [0.3, 0.4) is 0 Å². The summed E-state index contributed by atoms with van der Waals surface area (Å²) in [5.41, 5.74) is 0.103. The maximum absolute atomic E-state index is 12.5. The quantitative estimate of drug-likeness (QED) is 0.638. The first-order valence-corrected chi connectivity index (χ1v) is 7.05. The zero-order valence-corrected chi connectivity index (χ0v) is 12.6. The second-order valence-electron chi connectivity index (χ2n) is 5.15. The Bertz CT molecular complexity index is 902. The summed E-state index contributed by atoms with van der Waals surface area (Å²) in [7, 11) is 0. The lowest BCUT2D eigenvalue weighted by molar-refractivity contribution is -0.307. The van der Waals surface area contributed by atoms with Crippen molar-refractivity contribution in [1.82, 2.24) is 0 Å². The molecule has 0 fully saturated rings. The SMILES string of the molecule is O=C([O-])COc1ccc(N2C(=O)c3ccc(C(=O)[O-])cc3C2=O)cc1. The second-order valence-corrected chi connectivity index (χ2v) is 5.15. The van der Waals surface area contributed by atoms with Crippen LogP contribution in [0.1, 0.15) is 31.1 Å². The molecule has 0 bridgehead atoms. The highest BCUT2D eigenvalue weighted by molar-refractivity contribution is 6.34. The summed E-state index contributed by atoms with van der Waals surface area (Å²) in [6.07, 6.45) is 0.